The first-order valence-electron chi connectivity index (χ1n) is 8.58. The van der Waals surface area contributed by atoms with Gasteiger partial charge in [-0.1, -0.05) is 30.3 Å². The molecule has 25 heavy (non-hydrogen) atoms. The highest BCUT2D eigenvalue weighted by molar-refractivity contribution is 6.05. The predicted octanol–water partition coefficient (Wildman–Crippen LogP) is 1.61. The van der Waals surface area contributed by atoms with Crippen molar-refractivity contribution in [3.8, 4) is 0 Å². The van der Waals surface area contributed by atoms with Crippen LogP contribution in [-0.4, -0.2) is 39.9 Å². The van der Waals surface area contributed by atoms with E-state index in [0.717, 1.165) is 18.8 Å². The van der Waals surface area contributed by atoms with Gasteiger partial charge < -0.3 is 14.8 Å². The maximum Gasteiger partial charge on any atom is 0.237 e. The number of carbonyl (C=O) groups is 2. The van der Waals surface area contributed by atoms with E-state index in [0.29, 0.717) is 19.5 Å². The van der Waals surface area contributed by atoms with E-state index in [1.54, 1.807) is 25.1 Å². The van der Waals surface area contributed by atoms with Gasteiger partial charge in [0.25, 0.3) is 0 Å². The van der Waals surface area contributed by atoms with Crippen molar-refractivity contribution in [1.29, 1.82) is 0 Å². The second-order valence-electron chi connectivity index (χ2n) is 6.76. The standard InChI is InChI=1S/C19H24N4O2/c1-19(9-12-22(2)18(19)25)17(24)21-14-16-20-10-13-23(16)11-8-15-6-4-3-5-7-15/h3-7,10,13H,8-9,11-12,14H2,1-2H3,(H,21,24). The number of rotatable bonds is 6. The van der Waals surface area contributed by atoms with Crippen molar-refractivity contribution in [3.63, 3.8) is 0 Å². The largest absolute Gasteiger partial charge is 0.348 e. The monoisotopic (exact) mass is 340 g/mol. The topological polar surface area (TPSA) is 67.2 Å². The Morgan fingerprint density at radius 2 is 2.08 bits per heavy atom. The van der Waals surface area contributed by atoms with Crippen LogP contribution < -0.4 is 5.32 Å². The average Bonchev–Trinajstić information content (AvgIpc) is 3.19. The van der Waals surface area contributed by atoms with E-state index in [2.05, 4.69) is 22.4 Å². The van der Waals surface area contributed by atoms with Crippen LogP contribution in [0.2, 0.25) is 0 Å². The van der Waals surface area contributed by atoms with E-state index in [1.165, 1.54) is 5.56 Å². The number of imidazole rings is 1. The molecule has 1 aromatic heterocycles. The van der Waals surface area contributed by atoms with E-state index in [-0.39, 0.29) is 11.8 Å². The van der Waals surface area contributed by atoms with Crippen LogP contribution in [0.15, 0.2) is 42.7 Å². The molecule has 2 heterocycles. The third-order valence-corrected chi connectivity index (χ3v) is 4.96. The number of carbonyl (C=O) groups excluding carboxylic acids is 2. The molecule has 1 fully saturated rings. The second kappa shape index (κ2) is 7.09. The number of nitrogens with one attached hydrogen (secondary N) is 1. The van der Waals surface area contributed by atoms with Crippen LogP contribution in [-0.2, 0) is 29.1 Å². The molecule has 0 aliphatic carbocycles. The lowest BCUT2D eigenvalue weighted by molar-refractivity contribution is -0.143. The molecule has 1 N–H and O–H groups in total. The number of amides is 2. The number of benzene rings is 1. The lowest BCUT2D eigenvalue weighted by Gasteiger charge is -2.21. The molecule has 0 bridgehead atoms. The van der Waals surface area contributed by atoms with Crippen LogP contribution in [0, 0.1) is 5.41 Å². The van der Waals surface area contributed by atoms with Crippen LogP contribution in [0.1, 0.15) is 24.7 Å². The van der Waals surface area contributed by atoms with Gasteiger partial charge >= 0.3 is 0 Å². The number of aromatic nitrogens is 2. The van der Waals surface area contributed by atoms with Gasteiger partial charge in [-0.2, -0.15) is 0 Å². The van der Waals surface area contributed by atoms with Gasteiger partial charge in [-0.15, -0.1) is 0 Å². The Hall–Kier alpha value is -2.63. The molecular formula is C19H24N4O2. The molecule has 1 atom stereocenters. The minimum Gasteiger partial charge on any atom is -0.348 e. The van der Waals surface area contributed by atoms with Crippen molar-refractivity contribution < 1.29 is 9.59 Å². The molecule has 1 aliphatic rings. The van der Waals surface area contributed by atoms with E-state index in [4.69, 9.17) is 0 Å². The maximum atomic E-state index is 12.5. The lowest BCUT2D eigenvalue weighted by Crippen LogP contribution is -2.44. The van der Waals surface area contributed by atoms with E-state index in [1.807, 2.05) is 29.0 Å². The fourth-order valence-electron chi connectivity index (χ4n) is 3.19. The summed E-state index contributed by atoms with van der Waals surface area (Å²) in [5.74, 6) is 0.462. The Labute approximate surface area is 147 Å². The molecule has 2 amide bonds. The Morgan fingerprint density at radius 1 is 1.32 bits per heavy atom. The van der Waals surface area contributed by atoms with Crippen molar-refractivity contribution in [2.75, 3.05) is 13.6 Å². The minimum atomic E-state index is -0.962. The second-order valence-corrected chi connectivity index (χ2v) is 6.76. The fourth-order valence-corrected chi connectivity index (χ4v) is 3.19. The van der Waals surface area contributed by atoms with Crippen LogP contribution in [0.3, 0.4) is 0 Å². The minimum absolute atomic E-state index is 0.114. The van der Waals surface area contributed by atoms with Crippen LogP contribution in [0.25, 0.3) is 0 Å². The smallest absolute Gasteiger partial charge is 0.237 e. The molecule has 1 saturated heterocycles. The van der Waals surface area contributed by atoms with Crippen molar-refractivity contribution in [3.05, 3.63) is 54.1 Å². The summed E-state index contributed by atoms with van der Waals surface area (Å²) in [5, 5.41) is 2.89. The zero-order valence-electron chi connectivity index (χ0n) is 14.7. The summed E-state index contributed by atoms with van der Waals surface area (Å²) >= 11 is 0. The zero-order valence-corrected chi connectivity index (χ0v) is 14.7. The first kappa shape index (κ1) is 17.2. The molecule has 1 unspecified atom stereocenters. The molecule has 6 nitrogen and oxygen atoms in total. The van der Waals surface area contributed by atoms with Gasteiger partial charge in [-0.3, -0.25) is 9.59 Å². The molecule has 3 rings (SSSR count). The fraction of sp³-hybridized carbons (Fsp3) is 0.421. The van der Waals surface area contributed by atoms with Crippen molar-refractivity contribution in [2.24, 2.45) is 5.41 Å². The van der Waals surface area contributed by atoms with Gasteiger partial charge in [-0.25, -0.2) is 4.98 Å². The number of hydrogen-bond acceptors (Lipinski definition) is 3. The highest BCUT2D eigenvalue weighted by Crippen LogP contribution is 2.30. The number of aryl methyl sites for hydroxylation is 2. The molecule has 1 aromatic carbocycles. The molecule has 132 valence electrons. The Balaban J connectivity index is 1.58. The number of nitrogens with zero attached hydrogens (tertiary/aromatic N) is 3. The molecule has 0 spiro atoms. The van der Waals surface area contributed by atoms with Gasteiger partial charge in [-0.05, 0) is 25.3 Å². The summed E-state index contributed by atoms with van der Waals surface area (Å²) < 4.78 is 2.04. The molecule has 0 saturated carbocycles. The summed E-state index contributed by atoms with van der Waals surface area (Å²) in [5.41, 5.74) is 0.300. The number of hydrogen-bond donors (Lipinski definition) is 1. The summed E-state index contributed by atoms with van der Waals surface area (Å²) in [4.78, 5) is 30.7. The summed E-state index contributed by atoms with van der Waals surface area (Å²) in [6, 6.07) is 10.3. The summed E-state index contributed by atoms with van der Waals surface area (Å²) in [6.07, 6.45) is 5.11. The summed E-state index contributed by atoms with van der Waals surface area (Å²) in [7, 11) is 1.73. The average molecular weight is 340 g/mol. The normalized spacial score (nSPS) is 20.1. The highest BCUT2D eigenvalue weighted by Gasteiger charge is 2.47. The van der Waals surface area contributed by atoms with Gasteiger partial charge in [0.1, 0.15) is 11.2 Å². The van der Waals surface area contributed by atoms with Crippen LogP contribution in [0.4, 0.5) is 0 Å². The molecule has 1 aliphatic heterocycles. The first-order valence-corrected chi connectivity index (χ1v) is 8.58. The first-order chi connectivity index (χ1) is 12.0. The van der Waals surface area contributed by atoms with Gasteiger partial charge in [0.15, 0.2) is 0 Å². The Morgan fingerprint density at radius 3 is 2.76 bits per heavy atom. The zero-order chi connectivity index (χ0) is 17.9. The van der Waals surface area contributed by atoms with Crippen LogP contribution >= 0.6 is 0 Å². The van der Waals surface area contributed by atoms with Gasteiger partial charge in [0.05, 0.1) is 6.54 Å². The van der Waals surface area contributed by atoms with E-state index >= 15 is 0 Å². The van der Waals surface area contributed by atoms with Gasteiger partial charge in [0.2, 0.25) is 11.8 Å². The van der Waals surface area contributed by atoms with E-state index < -0.39 is 5.41 Å². The van der Waals surface area contributed by atoms with E-state index in [9.17, 15) is 9.59 Å². The van der Waals surface area contributed by atoms with Gasteiger partial charge in [0, 0.05) is 32.5 Å². The Kier molecular flexibility index (Phi) is 4.88. The molecule has 2 aromatic rings. The molecular weight excluding hydrogens is 316 g/mol. The number of likely N-dealkylation sites (tertiary alicyclic amines) is 1. The quantitative estimate of drug-likeness (QED) is 0.813. The molecule has 0 radical (unpaired) electrons. The SMILES string of the molecule is CN1CCC(C)(C(=O)NCc2nccn2CCc2ccccc2)C1=O. The summed E-state index contributed by atoms with van der Waals surface area (Å²) in [6.45, 7) is 3.46. The van der Waals surface area contributed by atoms with Crippen molar-refractivity contribution in [2.45, 2.75) is 32.9 Å². The van der Waals surface area contributed by atoms with Crippen molar-refractivity contribution in [1.82, 2.24) is 19.8 Å². The third-order valence-electron chi connectivity index (χ3n) is 4.96. The van der Waals surface area contributed by atoms with Crippen LogP contribution in [0.5, 0.6) is 0 Å². The highest BCUT2D eigenvalue weighted by atomic mass is 16.2. The third kappa shape index (κ3) is 3.57. The Bertz CT molecular complexity index is 756. The van der Waals surface area contributed by atoms with Crippen molar-refractivity contribution >= 4 is 11.8 Å². The predicted molar refractivity (Wildman–Crippen MR) is 94.6 cm³/mol. The molecule has 6 heteroatoms. The maximum absolute atomic E-state index is 12.5. The lowest BCUT2D eigenvalue weighted by atomic mass is 9.88.